The van der Waals surface area contributed by atoms with Crippen molar-refractivity contribution >= 4 is 17.3 Å². The number of hydrogen-bond acceptors (Lipinski definition) is 2. The number of rotatable bonds is 1. The number of fused-ring (bicyclic) bond motifs is 1. The van der Waals surface area contributed by atoms with Crippen LogP contribution in [0, 0.1) is 0 Å². The minimum Gasteiger partial charge on any atom is -0.489 e. The van der Waals surface area contributed by atoms with Crippen LogP contribution in [0.25, 0.3) is 0 Å². The molecule has 82 valence electrons. The lowest BCUT2D eigenvalue weighted by molar-refractivity contribution is 0.286. The molecule has 2 aromatic rings. The highest BCUT2D eigenvalue weighted by atomic mass is 35.5. The van der Waals surface area contributed by atoms with E-state index >= 15 is 0 Å². The largest absolute Gasteiger partial charge is 0.489 e. The molecule has 1 aromatic heterocycles. The average molecular weight is 235 g/mol. The van der Waals surface area contributed by atoms with Gasteiger partial charge in [0.2, 0.25) is 0 Å². The summed E-state index contributed by atoms with van der Waals surface area (Å²) in [6, 6.07) is 7.82. The van der Waals surface area contributed by atoms with Crippen LogP contribution in [0.3, 0.4) is 0 Å². The topological polar surface area (TPSA) is 37.0 Å². The summed E-state index contributed by atoms with van der Waals surface area (Å²) in [7, 11) is 0. The van der Waals surface area contributed by atoms with Crippen LogP contribution in [-0.4, -0.2) is 11.6 Å². The highest BCUT2D eigenvalue weighted by molar-refractivity contribution is 6.30. The van der Waals surface area contributed by atoms with Crippen LogP contribution >= 0.6 is 11.6 Å². The molecule has 1 aliphatic heterocycles. The van der Waals surface area contributed by atoms with Crippen LogP contribution < -0.4 is 10.1 Å². The van der Waals surface area contributed by atoms with Gasteiger partial charge in [-0.25, -0.2) is 0 Å². The molecule has 0 saturated carbocycles. The minimum atomic E-state index is 0.178. The van der Waals surface area contributed by atoms with E-state index in [1.54, 1.807) is 0 Å². The Labute approximate surface area is 98.4 Å². The molecular weight excluding hydrogens is 224 g/mol. The summed E-state index contributed by atoms with van der Waals surface area (Å²) >= 11 is 5.95. The van der Waals surface area contributed by atoms with E-state index in [4.69, 9.17) is 16.3 Å². The Morgan fingerprint density at radius 2 is 2.25 bits per heavy atom. The predicted octanol–water partition coefficient (Wildman–Crippen LogP) is 3.21. The zero-order valence-electron chi connectivity index (χ0n) is 8.53. The third-order valence-corrected chi connectivity index (χ3v) is 2.94. The fourth-order valence-electron chi connectivity index (χ4n) is 1.88. The van der Waals surface area contributed by atoms with Gasteiger partial charge in [-0.15, -0.1) is 0 Å². The number of aromatic amines is 1. The van der Waals surface area contributed by atoms with E-state index in [1.165, 1.54) is 5.56 Å². The van der Waals surface area contributed by atoms with Gasteiger partial charge < -0.3 is 15.0 Å². The molecule has 2 heterocycles. The van der Waals surface area contributed by atoms with Crippen molar-refractivity contribution in [2.45, 2.75) is 6.04 Å². The molecule has 1 aliphatic rings. The molecule has 0 fully saturated rings. The first kappa shape index (κ1) is 9.60. The Balaban J connectivity index is 1.91. The molecule has 16 heavy (non-hydrogen) atoms. The maximum atomic E-state index is 5.95. The Morgan fingerprint density at radius 3 is 3.06 bits per heavy atom. The second kappa shape index (κ2) is 3.76. The molecule has 2 N–H and O–H groups in total. The lowest BCUT2D eigenvalue weighted by atomic mass is 10.1. The zero-order chi connectivity index (χ0) is 11.0. The molecule has 0 bridgehead atoms. The van der Waals surface area contributed by atoms with E-state index in [1.807, 2.05) is 36.7 Å². The van der Waals surface area contributed by atoms with Crippen LogP contribution in [0.15, 0.2) is 36.7 Å². The van der Waals surface area contributed by atoms with Crippen LogP contribution in [0.2, 0.25) is 5.02 Å². The second-order valence-corrected chi connectivity index (χ2v) is 4.23. The molecule has 0 amide bonds. The number of anilines is 1. The van der Waals surface area contributed by atoms with Gasteiger partial charge >= 0.3 is 0 Å². The Bertz CT molecular complexity index is 496. The molecule has 0 radical (unpaired) electrons. The number of nitrogens with one attached hydrogen (secondary N) is 2. The molecule has 4 heteroatoms. The Hall–Kier alpha value is -1.61. The number of ether oxygens (including phenoxy) is 1. The van der Waals surface area contributed by atoms with Crippen molar-refractivity contribution < 1.29 is 4.74 Å². The third kappa shape index (κ3) is 1.63. The quantitative estimate of drug-likeness (QED) is 0.795. The van der Waals surface area contributed by atoms with Crippen molar-refractivity contribution in [1.82, 2.24) is 4.98 Å². The molecule has 1 aromatic carbocycles. The maximum Gasteiger partial charge on any atom is 0.142 e. The summed E-state index contributed by atoms with van der Waals surface area (Å²) < 4.78 is 5.68. The van der Waals surface area contributed by atoms with E-state index in [0.717, 1.165) is 11.4 Å². The van der Waals surface area contributed by atoms with Gasteiger partial charge in [-0.3, -0.25) is 0 Å². The van der Waals surface area contributed by atoms with Gasteiger partial charge in [0.1, 0.15) is 12.4 Å². The number of hydrogen-bond donors (Lipinski definition) is 2. The summed E-state index contributed by atoms with van der Waals surface area (Å²) in [5.41, 5.74) is 2.13. The first-order valence-electron chi connectivity index (χ1n) is 5.14. The SMILES string of the molecule is Clc1ccc2c(c1)NC(c1cc[nH]c1)CO2. The van der Waals surface area contributed by atoms with Gasteiger partial charge in [0.25, 0.3) is 0 Å². The van der Waals surface area contributed by atoms with E-state index < -0.39 is 0 Å². The zero-order valence-corrected chi connectivity index (χ0v) is 9.29. The van der Waals surface area contributed by atoms with E-state index in [-0.39, 0.29) is 6.04 Å². The van der Waals surface area contributed by atoms with Crippen LogP contribution in [0.4, 0.5) is 5.69 Å². The molecule has 1 unspecified atom stereocenters. The number of halogens is 1. The highest BCUT2D eigenvalue weighted by Crippen LogP contribution is 2.35. The summed E-state index contributed by atoms with van der Waals surface area (Å²) in [4.78, 5) is 3.04. The van der Waals surface area contributed by atoms with Crippen molar-refractivity contribution in [3.8, 4) is 5.75 Å². The molecule has 0 aliphatic carbocycles. The van der Waals surface area contributed by atoms with Crippen molar-refractivity contribution in [2.24, 2.45) is 0 Å². The standard InChI is InChI=1S/C12H11ClN2O/c13-9-1-2-12-10(5-9)15-11(7-16-12)8-3-4-14-6-8/h1-6,11,14-15H,7H2. The van der Waals surface area contributed by atoms with E-state index in [0.29, 0.717) is 11.6 Å². The summed E-state index contributed by atoms with van der Waals surface area (Å²) in [6.07, 6.45) is 3.88. The van der Waals surface area contributed by atoms with Crippen LogP contribution in [-0.2, 0) is 0 Å². The number of H-pyrrole nitrogens is 1. The predicted molar refractivity (Wildman–Crippen MR) is 64.1 cm³/mol. The number of aromatic nitrogens is 1. The van der Waals surface area contributed by atoms with Gasteiger partial charge in [-0.1, -0.05) is 11.6 Å². The Morgan fingerprint density at radius 1 is 1.31 bits per heavy atom. The van der Waals surface area contributed by atoms with Crippen molar-refractivity contribution in [2.75, 3.05) is 11.9 Å². The first-order valence-corrected chi connectivity index (χ1v) is 5.52. The second-order valence-electron chi connectivity index (χ2n) is 3.79. The molecule has 0 saturated heterocycles. The Kier molecular flexibility index (Phi) is 2.26. The minimum absolute atomic E-state index is 0.178. The van der Waals surface area contributed by atoms with Gasteiger partial charge in [-0.05, 0) is 29.8 Å². The average Bonchev–Trinajstić information content (AvgIpc) is 2.81. The summed E-state index contributed by atoms with van der Waals surface area (Å²) in [5, 5.41) is 4.12. The van der Waals surface area contributed by atoms with Crippen molar-refractivity contribution in [3.05, 3.63) is 47.2 Å². The van der Waals surface area contributed by atoms with Gasteiger partial charge in [0, 0.05) is 17.4 Å². The molecular formula is C12H11ClN2O. The molecule has 3 rings (SSSR count). The molecule has 1 atom stereocenters. The fourth-order valence-corrected chi connectivity index (χ4v) is 2.05. The van der Waals surface area contributed by atoms with Crippen LogP contribution in [0.5, 0.6) is 5.75 Å². The van der Waals surface area contributed by atoms with Crippen molar-refractivity contribution in [1.29, 1.82) is 0 Å². The van der Waals surface area contributed by atoms with Gasteiger partial charge in [0.05, 0.1) is 11.7 Å². The smallest absolute Gasteiger partial charge is 0.142 e. The normalized spacial score (nSPS) is 18.4. The third-order valence-electron chi connectivity index (χ3n) is 2.70. The van der Waals surface area contributed by atoms with Crippen LogP contribution in [0.1, 0.15) is 11.6 Å². The summed E-state index contributed by atoms with van der Waals surface area (Å²) in [5.74, 6) is 0.858. The highest BCUT2D eigenvalue weighted by Gasteiger charge is 2.20. The maximum absolute atomic E-state index is 5.95. The lowest BCUT2D eigenvalue weighted by Crippen LogP contribution is -2.23. The number of benzene rings is 1. The first-order chi connectivity index (χ1) is 7.83. The fraction of sp³-hybridized carbons (Fsp3) is 0.167. The monoisotopic (exact) mass is 234 g/mol. The van der Waals surface area contributed by atoms with E-state index in [9.17, 15) is 0 Å². The molecule has 0 spiro atoms. The van der Waals surface area contributed by atoms with Crippen molar-refractivity contribution in [3.63, 3.8) is 0 Å². The molecule has 3 nitrogen and oxygen atoms in total. The lowest BCUT2D eigenvalue weighted by Gasteiger charge is -2.27. The van der Waals surface area contributed by atoms with E-state index in [2.05, 4.69) is 10.3 Å². The van der Waals surface area contributed by atoms with Gasteiger partial charge in [0.15, 0.2) is 0 Å². The summed E-state index contributed by atoms with van der Waals surface area (Å²) in [6.45, 7) is 0.631. The van der Waals surface area contributed by atoms with Gasteiger partial charge in [-0.2, -0.15) is 0 Å².